The van der Waals surface area contributed by atoms with Gasteiger partial charge in [-0.2, -0.15) is 0 Å². The van der Waals surface area contributed by atoms with Crippen LogP contribution in [0.4, 0.5) is 5.82 Å². The third-order valence-corrected chi connectivity index (χ3v) is 3.17. The number of halogens is 1. The molecule has 0 amide bonds. The molecule has 1 aliphatic heterocycles. The van der Waals surface area contributed by atoms with Crippen LogP contribution in [0.25, 0.3) is 0 Å². The van der Waals surface area contributed by atoms with Crippen LogP contribution in [-0.4, -0.2) is 43.1 Å². The number of aldehydes is 1. The topological polar surface area (TPSA) is 55.3 Å². The molecule has 0 N–H and O–H groups in total. The van der Waals surface area contributed by atoms with Crippen molar-refractivity contribution in [2.45, 2.75) is 6.42 Å². The van der Waals surface area contributed by atoms with Crippen LogP contribution >= 0.6 is 11.6 Å². The second kappa shape index (κ2) is 5.93. The standard InChI is InChI=1S/C12H14ClN3O2/c1-18-7-9-2-4-16(5-3-9)12-10(6-17)11(13)14-8-15-12/h2,6,8H,3-5,7H2,1H3. The fraction of sp³-hybridized carbons (Fsp3) is 0.417. The van der Waals surface area contributed by atoms with E-state index in [0.29, 0.717) is 30.8 Å². The van der Waals surface area contributed by atoms with Crippen molar-refractivity contribution in [3.63, 3.8) is 0 Å². The highest BCUT2D eigenvalue weighted by atomic mass is 35.5. The van der Waals surface area contributed by atoms with Crippen LogP contribution in [0.2, 0.25) is 5.15 Å². The molecule has 0 fully saturated rings. The van der Waals surface area contributed by atoms with E-state index in [1.54, 1.807) is 7.11 Å². The lowest BCUT2D eigenvalue weighted by Gasteiger charge is -2.28. The van der Waals surface area contributed by atoms with Gasteiger partial charge in [0.05, 0.1) is 12.2 Å². The van der Waals surface area contributed by atoms with E-state index in [-0.39, 0.29) is 5.15 Å². The fourth-order valence-electron chi connectivity index (χ4n) is 1.94. The van der Waals surface area contributed by atoms with Gasteiger partial charge in [-0.1, -0.05) is 17.7 Å². The molecule has 0 bridgehead atoms. The summed E-state index contributed by atoms with van der Waals surface area (Å²) in [5.41, 5.74) is 1.62. The van der Waals surface area contributed by atoms with E-state index < -0.39 is 0 Å². The lowest BCUT2D eigenvalue weighted by Crippen LogP contribution is -2.31. The van der Waals surface area contributed by atoms with E-state index in [0.717, 1.165) is 13.0 Å². The molecule has 2 rings (SSSR count). The van der Waals surface area contributed by atoms with Crippen LogP contribution < -0.4 is 4.90 Å². The van der Waals surface area contributed by atoms with Crippen molar-refractivity contribution in [1.82, 2.24) is 9.97 Å². The van der Waals surface area contributed by atoms with Gasteiger partial charge in [0.15, 0.2) is 6.29 Å². The minimum Gasteiger partial charge on any atom is -0.380 e. The highest BCUT2D eigenvalue weighted by molar-refractivity contribution is 6.32. The molecule has 0 unspecified atom stereocenters. The molecule has 0 aliphatic carbocycles. The van der Waals surface area contributed by atoms with Gasteiger partial charge in [0.1, 0.15) is 17.3 Å². The third-order valence-electron chi connectivity index (χ3n) is 2.86. The van der Waals surface area contributed by atoms with Crippen LogP contribution in [0.5, 0.6) is 0 Å². The highest BCUT2D eigenvalue weighted by Crippen LogP contribution is 2.24. The number of ether oxygens (including phenoxy) is 1. The maximum Gasteiger partial charge on any atom is 0.156 e. The molecule has 1 aromatic rings. The van der Waals surface area contributed by atoms with Crippen LogP contribution in [0.3, 0.4) is 0 Å². The molecule has 96 valence electrons. The molecule has 0 saturated carbocycles. The predicted molar refractivity (Wildman–Crippen MR) is 69.2 cm³/mol. The molecule has 2 heterocycles. The number of methoxy groups -OCH3 is 1. The van der Waals surface area contributed by atoms with Crippen LogP contribution in [0, 0.1) is 0 Å². The summed E-state index contributed by atoms with van der Waals surface area (Å²) in [5.74, 6) is 0.595. The molecular formula is C12H14ClN3O2. The smallest absolute Gasteiger partial charge is 0.156 e. The Bertz CT molecular complexity index is 476. The molecule has 1 aromatic heterocycles. The number of carbonyl (C=O) groups is 1. The average molecular weight is 268 g/mol. The summed E-state index contributed by atoms with van der Waals surface area (Å²) in [7, 11) is 1.68. The molecule has 18 heavy (non-hydrogen) atoms. The quantitative estimate of drug-likeness (QED) is 0.472. The molecule has 1 aliphatic rings. The van der Waals surface area contributed by atoms with E-state index in [9.17, 15) is 4.79 Å². The summed E-state index contributed by atoms with van der Waals surface area (Å²) in [6, 6.07) is 0. The Kier molecular flexibility index (Phi) is 4.28. The van der Waals surface area contributed by atoms with Crippen molar-refractivity contribution in [2.24, 2.45) is 0 Å². The van der Waals surface area contributed by atoms with Gasteiger partial charge >= 0.3 is 0 Å². The van der Waals surface area contributed by atoms with Crippen molar-refractivity contribution in [3.8, 4) is 0 Å². The fourth-order valence-corrected chi connectivity index (χ4v) is 2.11. The van der Waals surface area contributed by atoms with Crippen molar-refractivity contribution in [2.75, 3.05) is 31.7 Å². The zero-order valence-corrected chi connectivity index (χ0v) is 10.9. The van der Waals surface area contributed by atoms with Gasteiger partial charge in [0, 0.05) is 20.2 Å². The van der Waals surface area contributed by atoms with Crippen molar-refractivity contribution in [3.05, 3.63) is 28.7 Å². The summed E-state index contributed by atoms with van der Waals surface area (Å²) in [4.78, 5) is 21.0. The molecule has 6 heteroatoms. The molecule has 0 atom stereocenters. The Morgan fingerprint density at radius 3 is 3.00 bits per heavy atom. The predicted octanol–water partition coefficient (Wildman–Crippen LogP) is 1.73. The summed E-state index contributed by atoms with van der Waals surface area (Å²) in [5, 5.41) is 0.196. The normalized spacial score (nSPS) is 15.4. The van der Waals surface area contributed by atoms with Gasteiger partial charge in [-0.05, 0) is 12.0 Å². The summed E-state index contributed by atoms with van der Waals surface area (Å²) < 4.78 is 5.10. The molecule has 0 radical (unpaired) electrons. The highest BCUT2D eigenvalue weighted by Gasteiger charge is 2.18. The Morgan fingerprint density at radius 1 is 1.56 bits per heavy atom. The monoisotopic (exact) mass is 267 g/mol. The minimum absolute atomic E-state index is 0.196. The maximum atomic E-state index is 11.0. The first-order chi connectivity index (χ1) is 8.76. The Hall–Kier alpha value is -1.46. The Labute approximate surface area is 110 Å². The zero-order chi connectivity index (χ0) is 13.0. The Morgan fingerprint density at radius 2 is 2.39 bits per heavy atom. The number of nitrogens with zero attached hydrogens (tertiary/aromatic N) is 3. The average Bonchev–Trinajstić information content (AvgIpc) is 2.40. The number of hydrogen-bond donors (Lipinski definition) is 0. The van der Waals surface area contributed by atoms with E-state index in [4.69, 9.17) is 16.3 Å². The molecule has 0 saturated heterocycles. The number of anilines is 1. The van der Waals surface area contributed by atoms with Gasteiger partial charge in [-0.15, -0.1) is 0 Å². The van der Waals surface area contributed by atoms with E-state index >= 15 is 0 Å². The van der Waals surface area contributed by atoms with Gasteiger partial charge in [0.2, 0.25) is 0 Å². The van der Waals surface area contributed by atoms with Crippen LogP contribution in [0.1, 0.15) is 16.8 Å². The van der Waals surface area contributed by atoms with Crippen molar-refractivity contribution < 1.29 is 9.53 Å². The first kappa shape index (κ1) is 13.0. The van der Waals surface area contributed by atoms with Crippen LogP contribution in [-0.2, 0) is 4.74 Å². The van der Waals surface area contributed by atoms with Gasteiger partial charge in [0.25, 0.3) is 0 Å². The molecular weight excluding hydrogens is 254 g/mol. The first-order valence-electron chi connectivity index (χ1n) is 5.63. The second-order valence-corrected chi connectivity index (χ2v) is 4.37. The molecule has 5 nitrogen and oxygen atoms in total. The summed E-state index contributed by atoms with van der Waals surface area (Å²) >= 11 is 5.88. The number of carbonyl (C=O) groups excluding carboxylic acids is 1. The first-order valence-corrected chi connectivity index (χ1v) is 6.01. The lowest BCUT2D eigenvalue weighted by atomic mass is 10.1. The minimum atomic E-state index is 0.196. The number of hydrogen-bond acceptors (Lipinski definition) is 5. The number of aromatic nitrogens is 2. The maximum absolute atomic E-state index is 11.0. The zero-order valence-electron chi connectivity index (χ0n) is 10.1. The number of rotatable bonds is 4. The van der Waals surface area contributed by atoms with Crippen molar-refractivity contribution >= 4 is 23.7 Å². The SMILES string of the molecule is COCC1=CCN(c2ncnc(Cl)c2C=O)CC1. The van der Waals surface area contributed by atoms with Gasteiger partial charge in [-0.3, -0.25) is 4.79 Å². The summed E-state index contributed by atoms with van der Waals surface area (Å²) in [6.07, 6.45) is 5.07. The molecule has 0 spiro atoms. The lowest BCUT2D eigenvalue weighted by molar-refractivity contribution is 0.112. The summed E-state index contributed by atoms with van der Waals surface area (Å²) in [6.45, 7) is 2.15. The molecule has 0 aromatic carbocycles. The Balaban J connectivity index is 2.19. The van der Waals surface area contributed by atoms with Gasteiger partial charge < -0.3 is 9.64 Å². The van der Waals surface area contributed by atoms with E-state index in [1.165, 1.54) is 11.9 Å². The van der Waals surface area contributed by atoms with Gasteiger partial charge in [-0.25, -0.2) is 9.97 Å². The van der Waals surface area contributed by atoms with Crippen molar-refractivity contribution in [1.29, 1.82) is 0 Å². The van der Waals surface area contributed by atoms with Crippen LogP contribution in [0.15, 0.2) is 18.0 Å². The van der Waals surface area contributed by atoms with E-state index in [2.05, 4.69) is 16.0 Å². The third kappa shape index (κ3) is 2.68. The van der Waals surface area contributed by atoms with E-state index in [1.807, 2.05) is 4.90 Å². The largest absolute Gasteiger partial charge is 0.380 e. The second-order valence-electron chi connectivity index (χ2n) is 4.01.